The minimum absolute atomic E-state index is 0.372. The van der Waals surface area contributed by atoms with Crippen molar-refractivity contribution >= 4 is 11.8 Å². The molecule has 0 amide bonds. The number of rotatable bonds is 5. The van der Waals surface area contributed by atoms with Crippen LogP contribution in [0.2, 0.25) is 0 Å². The molecule has 1 fully saturated rings. The van der Waals surface area contributed by atoms with Gasteiger partial charge in [-0.25, -0.2) is 0 Å². The van der Waals surface area contributed by atoms with Crippen molar-refractivity contribution in [3.63, 3.8) is 0 Å². The van der Waals surface area contributed by atoms with Gasteiger partial charge in [0.15, 0.2) is 0 Å². The van der Waals surface area contributed by atoms with Crippen molar-refractivity contribution in [2.75, 3.05) is 5.75 Å². The molecule has 1 unspecified atom stereocenters. The Labute approximate surface area is 103 Å². The summed E-state index contributed by atoms with van der Waals surface area (Å²) in [6.07, 6.45) is 5.45. The smallest absolute Gasteiger partial charge is 0.0136 e. The van der Waals surface area contributed by atoms with Crippen LogP contribution < -0.4 is 5.73 Å². The second kappa shape index (κ2) is 5.74. The predicted molar refractivity (Wildman–Crippen MR) is 71.8 cm³/mol. The van der Waals surface area contributed by atoms with Crippen LogP contribution in [-0.4, -0.2) is 11.8 Å². The maximum absolute atomic E-state index is 6.14. The fraction of sp³-hybridized carbons (Fsp3) is 0.571. The minimum atomic E-state index is 0.372. The molecule has 1 aliphatic rings. The van der Waals surface area contributed by atoms with E-state index in [1.807, 2.05) is 11.8 Å². The molecule has 1 aromatic carbocycles. The molecule has 0 heterocycles. The lowest BCUT2D eigenvalue weighted by atomic mass is 9.81. The van der Waals surface area contributed by atoms with Gasteiger partial charge in [0.25, 0.3) is 0 Å². The average molecular weight is 235 g/mol. The van der Waals surface area contributed by atoms with Gasteiger partial charge in [0.2, 0.25) is 0 Å². The van der Waals surface area contributed by atoms with Crippen LogP contribution in [-0.2, 0) is 0 Å². The van der Waals surface area contributed by atoms with Crippen molar-refractivity contribution in [3.05, 3.63) is 29.8 Å². The molecule has 0 radical (unpaired) electrons. The highest BCUT2D eigenvalue weighted by molar-refractivity contribution is 7.99. The van der Waals surface area contributed by atoms with E-state index in [-0.39, 0.29) is 0 Å². The molecule has 1 aromatic rings. The number of benzene rings is 1. The molecule has 1 atom stereocenters. The highest BCUT2D eigenvalue weighted by Gasteiger charge is 2.20. The van der Waals surface area contributed by atoms with Crippen molar-refractivity contribution in [1.82, 2.24) is 0 Å². The Morgan fingerprint density at radius 2 is 2.00 bits per heavy atom. The Morgan fingerprint density at radius 1 is 1.31 bits per heavy atom. The standard InChI is InChI=1S/C14H21NS/c1-11-5-7-14(8-6-11)16-10-13(15)9-12-3-2-4-12/h5-8,12-13H,2-4,9-10,15H2,1H3. The summed E-state index contributed by atoms with van der Waals surface area (Å²) in [6, 6.07) is 9.09. The zero-order chi connectivity index (χ0) is 11.4. The SMILES string of the molecule is Cc1ccc(SCC(N)CC2CCC2)cc1. The Hall–Kier alpha value is -0.470. The second-order valence-electron chi connectivity index (χ2n) is 4.92. The molecule has 0 bridgehead atoms. The summed E-state index contributed by atoms with van der Waals surface area (Å²) in [4.78, 5) is 1.34. The monoisotopic (exact) mass is 235 g/mol. The van der Waals surface area contributed by atoms with Crippen molar-refractivity contribution in [2.45, 2.75) is 43.5 Å². The number of hydrogen-bond donors (Lipinski definition) is 1. The van der Waals surface area contributed by atoms with E-state index >= 15 is 0 Å². The first-order valence-electron chi connectivity index (χ1n) is 6.19. The van der Waals surface area contributed by atoms with Crippen LogP contribution >= 0.6 is 11.8 Å². The maximum atomic E-state index is 6.14. The predicted octanol–water partition coefficient (Wildman–Crippen LogP) is 3.60. The van der Waals surface area contributed by atoms with Gasteiger partial charge in [-0.15, -0.1) is 11.8 Å². The molecule has 0 aromatic heterocycles. The Balaban J connectivity index is 1.71. The highest BCUT2D eigenvalue weighted by atomic mass is 32.2. The van der Waals surface area contributed by atoms with Crippen LogP contribution in [0.3, 0.4) is 0 Å². The van der Waals surface area contributed by atoms with Crippen molar-refractivity contribution in [2.24, 2.45) is 11.7 Å². The molecule has 1 nitrogen and oxygen atoms in total. The van der Waals surface area contributed by atoms with Crippen LogP contribution in [0.4, 0.5) is 0 Å². The normalized spacial score (nSPS) is 18.1. The van der Waals surface area contributed by atoms with Gasteiger partial charge in [0.1, 0.15) is 0 Å². The van der Waals surface area contributed by atoms with E-state index in [0.717, 1.165) is 11.7 Å². The summed E-state index contributed by atoms with van der Waals surface area (Å²) in [7, 11) is 0. The van der Waals surface area contributed by atoms with Crippen LogP contribution in [0.1, 0.15) is 31.2 Å². The first-order chi connectivity index (χ1) is 7.74. The van der Waals surface area contributed by atoms with Gasteiger partial charge in [0.05, 0.1) is 0 Å². The first kappa shape index (κ1) is 12.0. The zero-order valence-corrected chi connectivity index (χ0v) is 10.8. The number of thioether (sulfide) groups is 1. The fourth-order valence-electron chi connectivity index (χ4n) is 2.06. The lowest BCUT2D eigenvalue weighted by Crippen LogP contribution is -2.28. The second-order valence-corrected chi connectivity index (χ2v) is 6.01. The van der Waals surface area contributed by atoms with Gasteiger partial charge in [0, 0.05) is 16.7 Å². The van der Waals surface area contributed by atoms with E-state index in [1.165, 1.54) is 36.1 Å². The van der Waals surface area contributed by atoms with Gasteiger partial charge in [-0.05, 0) is 31.4 Å². The molecule has 1 aliphatic carbocycles. The third-order valence-electron chi connectivity index (χ3n) is 3.35. The van der Waals surface area contributed by atoms with Gasteiger partial charge >= 0.3 is 0 Å². The summed E-state index contributed by atoms with van der Waals surface area (Å²) in [6.45, 7) is 2.12. The minimum Gasteiger partial charge on any atom is -0.327 e. The largest absolute Gasteiger partial charge is 0.327 e. The van der Waals surface area contributed by atoms with Crippen LogP contribution in [0.15, 0.2) is 29.2 Å². The number of aryl methyl sites for hydroxylation is 1. The topological polar surface area (TPSA) is 26.0 Å². The zero-order valence-electron chi connectivity index (χ0n) is 9.99. The Kier molecular flexibility index (Phi) is 4.30. The molecular formula is C14H21NS. The molecule has 0 aliphatic heterocycles. The summed E-state index contributed by atoms with van der Waals surface area (Å²) < 4.78 is 0. The van der Waals surface area contributed by atoms with E-state index < -0.39 is 0 Å². The van der Waals surface area contributed by atoms with E-state index in [0.29, 0.717) is 6.04 Å². The summed E-state index contributed by atoms with van der Waals surface area (Å²) >= 11 is 1.89. The quantitative estimate of drug-likeness (QED) is 0.789. The van der Waals surface area contributed by atoms with E-state index in [9.17, 15) is 0 Å². The van der Waals surface area contributed by atoms with Gasteiger partial charge < -0.3 is 5.73 Å². The van der Waals surface area contributed by atoms with Crippen LogP contribution in [0.25, 0.3) is 0 Å². The van der Waals surface area contributed by atoms with Crippen molar-refractivity contribution in [3.8, 4) is 0 Å². The van der Waals surface area contributed by atoms with E-state index in [2.05, 4.69) is 31.2 Å². The van der Waals surface area contributed by atoms with Gasteiger partial charge in [-0.1, -0.05) is 37.0 Å². The molecule has 16 heavy (non-hydrogen) atoms. The van der Waals surface area contributed by atoms with Crippen molar-refractivity contribution in [1.29, 1.82) is 0 Å². The lowest BCUT2D eigenvalue weighted by molar-refractivity contribution is 0.282. The average Bonchev–Trinajstić information content (AvgIpc) is 2.23. The third kappa shape index (κ3) is 3.53. The number of hydrogen-bond acceptors (Lipinski definition) is 2. The molecule has 1 saturated carbocycles. The highest BCUT2D eigenvalue weighted by Crippen LogP contribution is 2.31. The Morgan fingerprint density at radius 3 is 2.56 bits per heavy atom. The van der Waals surface area contributed by atoms with Crippen LogP contribution in [0.5, 0.6) is 0 Å². The molecule has 2 heteroatoms. The fourth-order valence-corrected chi connectivity index (χ4v) is 2.93. The summed E-state index contributed by atoms with van der Waals surface area (Å²) in [5.41, 5.74) is 7.46. The third-order valence-corrected chi connectivity index (χ3v) is 4.55. The molecule has 2 rings (SSSR count). The molecule has 88 valence electrons. The summed E-state index contributed by atoms with van der Waals surface area (Å²) in [5, 5.41) is 0. The molecule has 0 spiro atoms. The van der Waals surface area contributed by atoms with Crippen molar-refractivity contribution < 1.29 is 0 Å². The maximum Gasteiger partial charge on any atom is 0.0136 e. The van der Waals surface area contributed by atoms with E-state index in [4.69, 9.17) is 5.73 Å². The van der Waals surface area contributed by atoms with Crippen LogP contribution in [0, 0.1) is 12.8 Å². The van der Waals surface area contributed by atoms with Gasteiger partial charge in [-0.3, -0.25) is 0 Å². The van der Waals surface area contributed by atoms with E-state index in [1.54, 1.807) is 0 Å². The molecular weight excluding hydrogens is 214 g/mol. The first-order valence-corrected chi connectivity index (χ1v) is 7.17. The van der Waals surface area contributed by atoms with Gasteiger partial charge in [-0.2, -0.15) is 0 Å². The summed E-state index contributed by atoms with van der Waals surface area (Å²) in [5.74, 6) is 1.98. The Bertz CT molecular complexity index is 316. The molecule has 2 N–H and O–H groups in total. The molecule has 0 saturated heterocycles. The number of nitrogens with two attached hydrogens (primary N) is 1. The lowest BCUT2D eigenvalue weighted by Gasteiger charge is -2.27.